The van der Waals surface area contributed by atoms with E-state index >= 15 is 0 Å². The van der Waals surface area contributed by atoms with Gasteiger partial charge < -0.3 is 0 Å². The minimum absolute atomic E-state index is 0.343. The third-order valence-corrected chi connectivity index (χ3v) is 4.77. The van der Waals surface area contributed by atoms with Gasteiger partial charge in [-0.15, -0.1) is 11.6 Å². The molecule has 0 aliphatic heterocycles. The van der Waals surface area contributed by atoms with Gasteiger partial charge in [0.15, 0.2) is 0 Å². The first-order chi connectivity index (χ1) is 7.86. The maximum absolute atomic E-state index is 6.57. The lowest BCUT2D eigenvalue weighted by molar-refractivity contribution is 0.480. The molecular weight excluding hydrogens is 218 g/mol. The first-order valence-corrected chi connectivity index (χ1v) is 6.83. The van der Waals surface area contributed by atoms with Gasteiger partial charge in [0, 0.05) is 17.8 Å². The van der Waals surface area contributed by atoms with Crippen LogP contribution in [0.1, 0.15) is 31.2 Å². The molecule has 86 valence electrons. The van der Waals surface area contributed by atoms with Gasteiger partial charge in [0.2, 0.25) is 0 Å². The highest BCUT2D eigenvalue weighted by Gasteiger charge is 2.53. The van der Waals surface area contributed by atoms with Gasteiger partial charge in [0.1, 0.15) is 0 Å². The molecule has 0 amide bonds. The molecular formula is C14H18ClN. The van der Waals surface area contributed by atoms with Crippen LogP contribution in [0, 0.1) is 17.8 Å². The van der Waals surface area contributed by atoms with E-state index in [1.165, 1.54) is 31.2 Å². The molecule has 3 rings (SSSR count). The monoisotopic (exact) mass is 235 g/mol. The lowest BCUT2D eigenvalue weighted by atomic mass is 10.0. The largest absolute Gasteiger partial charge is 0.265 e. The Kier molecular flexibility index (Phi) is 2.89. The Hall–Kier alpha value is -0.560. The molecule has 0 aromatic carbocycles. The average molecular weight is 236 g/mol. The molecule has 0 saturated heterocycles. The van der Waals surface area contributed by atoms with E-state index in [1.807, 2.05) is 12.4 Å². The van der Waals surface area contributed by atoms with E-state index in [0.717, 1.165) is 24.2 Å². The molecule has 2 aliphatic carbocycles. The minimum atomic E-state index is 0.343. The maximum Gasteiger partial charge on any atom is 0.0410 e. The smallest absolute Gasteiger partial charge is 0.0410 e. The zero-order valence-corrected chi connectivity index (χ0v) is 10.2. The highest BCUT2D eigenvalue weighted by molar-refractivity contribution is 6.21. The number of alkyl halides is 1. The van der Waals surface area contributed by atoms with E-state index in [2.05, 4.69) is 17.1 Å². The number of aromatic nitrogens is 1. The van der Waals surface area contributed by atoms with Gasteiger partial charge in [0.05, 0.1) is 0 Å². The topological polar surface area (TPSA) is 12.9 Å². The summed E-state index contributed by atoms with van der Waals surface area (Å²) in [6, 6.07) is 4.17. The van der Waals surface area contributed by atoms with Crippen molar-refractivity contribution >= 4 is 11.6 Å². The summed E-state index contributed by atoms with van der Waals surface area (Å²) < 4.78 is 0. The Bertz CT molecular complexity index is 339. The standard InChI is InChI=1S/C14H18ClN/c15-13(9-10-5-7-16-8-6-10)14-11-3-1-2-4-12(11)14/h5-8,11-14H,1-4,9H2. The van der Waals surface area contributed by atoms with Crippen molar-refractivity contribution < 1.29 is 0 Å². The lowest BCUT2D eigenvalue weighted by Gasteiger charge is -2.08. The summed E-state index contributed by atoms with van der Waals surface area (Å²) in [5.41, 5.74) is 1.33. The SMILES string of the molecule is ClC(Cc1ccncc1)C1C2CCCCC21. The summed E-state index contributed by atoms with van der Waals surface area (Å²) in [5.74, 6) is 2.72. The normalized spacial score (nSPS) is 34.2. The quantitative estimate of drug-likeness (QED) is 0.729. The van der Waals surface area contributed by atoms with Crippen LogP contribution >= 0.6 is 11.6 Å². The summed E-state index contributed by atoms with van der Waals surface area (Å²) >= 11 is 6.57. The Morgan fingerprint density at radius 2 is 1.81 bits per heavy atom. The average Bonchev–Trinajstić information content (AvgIpc) is 3.04. The molecule has 1 nitrogen and oxygen atoms in total. The van der Waals surface area contributed by atoms with Crippen molar-refractivity contribution in [2.75, 3.05) is 0 Å². The van der Waals surface area contributed by atoms with E-state index in [-0.39, 0.29) is 0 Å². The predicted octanol–water partition coefficient (Wildman–Crippen LogP) is 3.67. The van der Waals surface area contributed by atoms with Crippen molar-refractivity contribution in [1.82, 2.24) is 4.98 Å². The van der Waals surface area contributed by atoms with Crippen LogP contribution in [0.4, 0.5) is 0 Å². The van der Waals surface area contributed by atoms with Gasteiger partial charge in [-0.1, -0.05) is 12.8 Å². The fraction of sp³-hybridized carbons (Fsp3) is 0.643. The Morgan fingerprint density at radius 1 is 1.19 bits per heavy atom. The second-order valence-corrected chi connectivity index (χ2v) is 5.83. The molecule has 2 saturated carbocycles. The summed E-state index contributed by atoms with van der Waals surface area (Å²) in [5, 5.41) is 0.343. The van der Waals surface area contributed by atoms with Crippen LogP contribution < -0.4 is 0 Å². The van der Waals surface area contributed by atoms with Gasteiger partial charge in [-0.25, -0.2) is 0 Å². The number of nitrogens with zero attached hydrogens (tertiary/aromatic N) is 1. The van der Waals surface area contributed by atoms with Crippen LogP contribution in [0.15, 0.2) is 24.5 Å². The van der Waals surface area contributed by atoms with E-state index < -0.39 is 0 Å². The number of hydrogen-bond acceptors (Lipinski definition) is 1. The van der Waals surface area contributed by atoms with Crippen molar-refractivity contribution in [2.45, 2.75) is 37.5 Å². The molecule has 3 atom stereocenters. The molecule has 0 spiro atoms. The van der Waals surface area contributed by atoms with Crippen molar-refractivity contribution in [2.24, 2.45) is 17.8 Å². The highest BCUT2D eigenvalue weighted by atomic mass is 35.5. The fourth-order valence-corrected chi connectivity index (χ4v) is 4.02. The van der Waals surface area contributed by atoms with Crippen molar-refractivity contribution in [3.05, 3.63) is 30.1 Å². The number of rotatable bonds is 3. The van der Waals surface area contributed by atoms with Crippen LogP contribution in [0.25, 0.3) is 0 Å². The molecule has 2 heteroatoms. The second-order valence-electron chi connectivity index (χ2n) is 5.27. The molecule has 2 aliphatic rings. The molecule has 3 unspecified atom stereocenters. The van der Waals surface area contributed by atoms with E-state index in [9.17, 15) is 0 Å². The summed E-state index contributed by atoms with van der Waals surface area (Å²) in [6.45, 7) is 0. The Labute approximate surface area is 102 Å². The van der Waals surface area contributed by atoms with Crippen LogP contribution in [0.5, 0.6) is 0 Å². The van der Waals surface area contributed by atoms with Crippen LogP contribution in [-0.2, 0) is 6.42 Å². The lowest BCUT2D eigenvalue weighted by Crippen LogP contribution is -2.08. The number of halogens is 1. The van der Waals surface area contributed by atoms with E-state index in [0.29, 0.717) is 5.38 Å². The summed E-state index contributed by atoms with van der Waals surface area (Å²) in [6.07, 6.45) is 10.4. The third-order valence-electron chi connectivity index (χ3n) is 4.32. The van der Waals surface area contributed by atoms with Crippen LogP contribution in [0.2, 0.25) is 0 Å². The molecule has 2 fully saturated rings. The van der Waals surface area contributed by atoms with Crippen molar-refractivity contribution in [3.63, 3.8) is 0 Å². The first-order valence-electron chi connectivity index (χ1n) is 6.39. The summed E-state index contributed by atoms with van der Waals surface area (Å²) in [7, 11) is 0. The summed E-state index contributed by atoms with van der Waals surface area (Å²) in [4.78, 5) is 4.04. The van der Waals surface area contributed by atoms with Crippen molar-refractivity contribution in [3.8, 4) is 0 Å². The Balaban J connectivity index is 1.60. The van der Waals surface area contributed by atoms with Crippen molar-refractivity contribution in [1.29, 1.82) is 0 Å². The van der Waals surface area contributed by atoms with Crippen LogP contribution in [0.3, 0.4) is 0 Å². The van der Waals surface area contributed by atoms with Gasteiger partial charge in [0.25, 0.3) is 0 Å². The minimum Gasteiger partial charge on any atom is -0.265 e. The molecule has 0 bridgehead atoms. The zero-order chi connectivity index (χ0) is 11.0. The predicted molar refractivity (Wildman–Crippen MR) is 66.5 cm³/mol. The number of fused-ring (bicyclic) bond motifs is 1. The Morgan fingerprint density at radius 3 is 2.44 bits per heavy atom. The van der Waals surface area contributed by atoms with Crippen LogP contribution in [-0.4, -0.2) is 10.4 Å². The van der Waals surface area contributed by atoms with E-state index in [4.69, 9.17) is 11.6 Å². The molecule has 0 N–H and O–H groups in total. The third kappa shape index (κ3) is 1.98. The maximum atomic E-state index is 6.57. The molecule has 1 aromatic rings. The molecule has 1 heterocycles. The fourth-order valence-electron chi connectivity index (χ4n) is 3.46. The molecule has 1 aromatic heterocycles. The highest BCUT2D eigenvalue weighted by Crippen LogP contribution is 2.58. The van der Waals surface area contributed by atoms with Gasteiger partial charge in [-0.2, -0.15) is 0 Å². The second kappa shape index (κ2) is 4.37. The number of hydrogen-bond donors (Lipinski definition) is 0. The zero-order valence-electron chi connectivity index (χ0n) is 9.48. The van der Waals surface area contributed by atoms with Gasteiger partial charge >= 0.3 is 0 Å². The van der Waals surface area contributed by atoms with E-state index in [1.54, 1.807) is 0 Å². The molecule has 16 heavy (non-hydrogen) atoms. The van der Waals surface area contributed by atoms with Gasteiger partial charge in [-0.05, 0) is 54.7 Å². The number of pyridine rings is 1. The van der Waals surface area contributed by atoms with Gasteiger partial charge in [-0.3, -0.25) is 4.98 Å². The molecule has 0 radical (unpaired) electrons. The first kappa shape index (κ1) is 10.6.